The van der Waals surface area contributed by atoms with Gasteiger partial charge in [0, 0.05) is 0 Å². The molecule has 1 aromatic rings. The number of aryl methyl sites for hydroxylation is 2. The van der Waals surface area contributed by atoms with Crippen molar-refractivity contribution in [3.05, 3.63) is 28.8 Å². The molecule has 3 nitrogen and oxygen atoms in total. The minimum atomic E-state index is -0.414. The molecule has 0 aromatic heterocycles. The van der Waals surface area contributed by atoms with Crippen molar-refractivity contribution >= 4 is 0 Å². The fourth-order valence-electron chi connectivity index (χ4n) is 1.50. The van der Waals surface area contributed by atoms with E-state index in [0.717, 1.165) is 22.4 Å². The van der Waals surface area contributed by atoms with Gasteiger partial charge in [-0.15, -0.1) is 0 Å². The highest BCUT2D eigenvalue weighted by molar-refractivity contribution is 5.43. The second-order valence-corrected chi connectivity index (χ2v) is 3.21. The molecule has 13 heavy (non-hydrogen) atoms. The van der Waals surface area contributed by atoms with Crippen molar-refractivity contribution in [1.82, 2.24) is 0 Å². The lowest BCUT2D eigenvalue weighted by molar-refractivity contribution is 0.408. The third-order valence-electron chi connectivity index (χ3n) is 2.07. The van der Waals surface area contributed by atoms with E-state index in [4.69, 9.17) is 16.2 Å². The Hall–Kier alpha value is -1.06. The average Bonchev–Trinajstić information content (AvgIpc) is 2.03. The van der Waals surface area contributed by atoms with Crippen molar-refractivity contribution in [3.8, 4) is 5.75 Å². The molecule has 0 amide bonds. The largest absolute Gasteiger partial charge is 0.496 e. The molecule has 0 aliphatic heterocycles. The zero-order valence-electron chi connectivity index (χ0n) is 8.29. The lowest BCUT2D eigenvalue weighted by Crippen LogP contribution is -2.20. The maximum atomic E-state index is 5.58. The van der Waals surface area contributed by atoms with Gasteiger partial charge in [0.25, 0.3) is 0 Å². The summed E-state index contributed by atoms with van der Waals surface area (Å²) in [6.45, 7) is 3.97. The molecule has 0 spiro atoms. The number of benzene rings is 1. The van der Waals surface area contributed by atoms with Gasteiger partial charge in [-0.05, 0) is 42.7 Å². The van der Waals surface area contributed by atoms with E-state index in [9.17, 15) is 0 Å². The lowest BCUT2D eigenvalue weighted by atomic mass is 10.0. The van der Waals surface area contributed by atoms with E-state index in [1.54, 1.807) is 7.11 Å². The molecular weight excluding hydrogens is 164 g/mol. The predicted octanol–water partition coefficient (Wildman–Crippen LogP) is 1.23. The van der Waals surface area contributed by atoms with E-state index in [0.29, 0.717) is 0 Å². The van der Waals surface area contributed by atoms with Gasteiger partial charge < -0.3 is 16.2 Å². The number of hydrogen-bond acceptors (Lipinski definition) is 3. The molecule has 0 unspecified atom stereocenters. The third kappa shape index (κ3) is 1.99. The highest BCUT2D eigenvalue weighted by Crippen LogP contribution is 2.25. The van der Waals surface area contributed by atoms with Crippen molar-refractivity contribution in [2.45, 2.75) is 20.0 Å². The van der Waals surface area contributed by atoms with Crippen LogP contribution in [0.15, 0.2) is 12.1 Å². The Morgan fingerprint density at radius 2 is 1.62 bits per heavy atom. The second-order valence-electron chi connectivity index (χ2n) is 3.21. The van der Waals surface area contributed by atoms with Crippen molar-refractivity contribution in [2.75, 3.05) is 7.11 Å². The Balaban J connectivity index is 3.20. The van der Waals surface area contributed by atoms with Gasteiger partial charge in [-0.1, -0.05) is 0 Å². The van der Waals surface area contributed by atoms with Crippen LogP contribution in [0.25, 0.3) is 0 Å². The van der Waals surface area contributed by atoms with E-state index in [1.165, 1.54) is 0 Å². The molecule has 0 bridgehead atoms. The van der Waals surface area contributed by atoms with Crippen LogP contribution in [0.4, 0.5) is 0 Å². The topological polar surface area (TPSA) is 61.3 Å². The first kappa shape index (κ1) is 10.0. The molecule has 0 saturated heterocycles. The number of ether oxygens (including phenoxy) is 1. The molecule has 1 rings (SSSR count). The predicted molar refractivity (Wildman–Crippen MR) is 53.6 cm³/mol. The van der Waals surface area contributed by atoms with E-state index in [-0.39, 0.29) is 0 Å². The zero-order chi connectivity index (χ0) is 10.0. The van der Waals surface area contributed by atoms with Crippen molar-refractivity contribution in [3.63, 3.8) is 0 Å². The Bertz CT molecular complexity index is 285. The van der Waals surface area contributed by atoms with E-state index < -0.39 is 6.17 Å². The number of rotatable bonds is 2. The molecule has 0 heterocycles. The summed E-state index contributed by atoms with van der Waals surface area (Å²) in [5.41, 5.74) is 14.2. The molecule has 0 saturated carbocycles. The quantitative estimate of drug-likeness (QED) is 0.673. The van der Waals surface area contributed by atoms with Crippen LogP contribution in [0.1, 0.15) is 22.9 Å². The molecule has 4 N–H and O–H groups in total. The molecule has 0 aliphatic rings. The van der Waals surface area contributed by atoms with Gasteiger partial charge >= 0.3 is 0 Å². The van der Waals surface area contributed by atoms with E-state index in [2.05, 4.69) is 0 Å². The van der Waals surface area contributed by atoms with Crippen molar-refractivity contribution in [2.24, 2.45) is 11.5 Å². The van der Waals surface area contributed by atoms with Crippen LogP contribution >= 0.6 is 0 Å². The van der Waals surface area contributed by atoms with Crippen LogP contribution in [0.3, 0.4) is 0 Å². The Morgan fingerprint density at radius 3 is 1.92 bits per heavy atom. The van der Waals surface area contributed by atoms with Crippen LogP contribution in [-0.4, -0.2) is 7.11 Å². The summed E-state index contributed by atoms with van der Waals surface area (Å²) in [7, 11) is 1.66. The third-order valence-corrected chi connectivity index (χ3v) is 2.07. The van der Waals surface area contributed by atoms with Gasteiger partial charge in [0.05, 0.1) is 13.3 Å². The summed E-state index contributed by atoms with van der Waals surface area (Å²) in [4.78, 5) is 0. The second kappa shape index (κ2) is 3.77. The monoisotopic (exact) mass is 180 g/mol. The molecule has 3 heteroatoms. The molecule has 0 aliphatic carbocycles. The van der Waals surface area contributed by atoms with Gasteiger partial charge in [0.2, 0.25) is 0 Å². The summed E-state index contributed by atoms with van der Waals surface area (Å²) >= 11 is 0. The fraction of sp³-hybridized carbons (Fsp3) is 0.400. The maximum Gasteiger partial charge on any atom is 0.124 e. The molecule has 0 radical (unpaired) electrons. The highest BCUT2D eigenvalue weighted by atomic mass is 16.5. The van der Waals surface area contributed by atoms with Crippen LogP contribution in [0, 0.1) is 13.8 Å². The number of hydrogen-bond donors (Lipinski definition) is 2. The van der Waals surface area contributed by atoms with Crippen LogP contribution in [0.2, 0.25) is 0 Å². The Kier molecular flexibility index (Phi) is 2.90. The maximum absolute atomic E-state index is 5.58. The molecule has 72 valence electrons. The van der Waals surface area contributed by atoms with Gasteiger partial charge in [-0.25, -0.2) is 0 Å². The first-order chi connectivity index (χ1) is 6.06. The summed E-state index contributed by atoms with van der Waals surface area (Å²) in [6, 6.07) is 3.91. The summed E-state index contributed by atoms with van der Waals surface area (Å²) in [5, 5.41) is 0. The molecule has 1 aromatic carbocycles. The van der Waals surface area contributed by atoms with Gasteiger partial charge in [-0.2, -0.15) is 0 Å². The van der Waals surface area contributed by atoms with E-state index >= 15 is 0 Å². The van der Waals surface area contributed by atoms with Gasteiger partial charge in [0.15, 0.2) is 0 Å². The standard InChI is InChI=1S/C10H16N2O/c1-6-4-8(10(11)12)5-7(2)9(6)13-3/h4-5,10H,11-12H2,1-3H3. The Labute approximate surface area is 78.7 Å². The first-order valence-corrected chi connectivity index (χ1v) is 4.22. The van der Waals surface area contributed by atoms with Crippen LogP contribution in [0.5, 0.6) is 5.75 Å². The lowest BCUT2D eigenvalue weighted by Gasteiger charge is -2.13. The van der Waals surface area contributed by atoms with Gasteiger partial charge in [-0.3, -0.25) is 0 Å². The van der Waals surface area contributed by atoms with E-state index in [1.807, 2.05) is 26.0 Å². The van der Waals surface area contributed by atoms with Crippen LogP contribution < -0.4 is 16.2 Å². The molecule has 0 fully saturated rings. The number of methoxy groups -OCH3 is 1. The van der Waals surface area contributed by atoms with Crippen molar-refractivity contribution < 1.29 is 4.74 Å². The molecule has 0 atom stereocenters. The minimum absolute atomic E-state index is 0.414. The fourth-order valence-corrected chi connectivity index (χ4v) is 1.50. The molecular formula is C10H16N2O. The summed E-state index contributed by atoms with van der Waals surface area (Å²) in [6.07, 6.45) is -0.414. The average molecular weight is 180 g/mol. The summed E-state index contributed by atoms with van der Waals surface area (Å²) in [5.74, 6) is 0.907. The normalized spacial score (nSPS) is 10.6. The SMILES string of the molecule is COc1c(C)cc(C(N)N)cc1C. The Morgan fingerprint density at radius 1 is 1.15 bits per heavy atom. The zero-order valence-corrected chi connectivity index (χ0v) is 8.29. The summed E-state index contributed by atoms with van der Waals surface area (Å²) < 4.78 is 5.23. The number of nitrogens with two attached hydrogens (primary N) is 2. The van der Waals surface area contributed by atoms with Crippen molar-refractivity contribution in [1.29, 1.82) is 0 Å². The first-order valence-electron chi connectivity index (χ1n) is 4.22. The highest BCUT2D eigenvalue weighted by Gasteiger charge is 2.07. The van der Waals surface area contributed by atoms with Gasteiger partial charge in [0.1, 0.15) is 5.75 Å². The minimum Gasteiger partial charge on any atom is -0.496 e. The smallest absolute Gasteiger partial charge is 0.124 e. The van der Waals surface area contributed by atoms with Crippen LogP contribution in [-0.2, 0) is 0 Å².